The number of carbonyl (C=O) groups excluding carboxylic acids is 1. The summed E-state index contributed by atoms with van der Waals surface area (Å²) in [5.41, 5.74) is -2.69. The summed E-state index contributed by atoms with van der Waals surface area (Å²) < 4.78 is 117. The molecule has 4 nitrogen and oxygen atoms in total. The molecule has 38 heavy (non-hydrogen) atoms. The summed E-state index contributed by atoms with van der Waals surface area (Å²) in [5.74, 6) is -0.647. The number of halogens is 9. The quantitative estimate of drug-likeness (QED) is 0.411. The number of anilines is 1. The van der Waals surface area contributed by atoms with Gasteiger partial charge in [0.25, 0.3) is 0 Å². The van der Waals surface area contributed by atoms with E-state index in [1.54, 1.807) is 6.92 Å². The van der Waals surface area contributed by atoms with Crippen molar-refractivity contribution in [3.63, 3.8) is 0 Å². The number of amides is 1. The number of piperazine rings is 1. The minimum absolute atomic E-state index is 0.00729. The van der Waals surface area contributed by atoms with Crippen molar-refractivity contribution in [1.29, 1.82) is 0 Å². The van der Waals surface area contributed by atoms with Crippen molar-refractivity contribution in [3.8, 4) is 0 Å². The number of rotatable bonds is 6. The van der Waals surface area contributed by atoms with Gasteiger partial charge < -0.3 is 14.9 Å². The molecule has 1 N–H and O–H groups in total. The summed E-state index contributed by atoms with van der Waals surface area (Å²) in [6, 6.07) is 6.34. The lowest BCUT2D eigenvalue weighted by molar-refractivity contribution is -0.207. The van der Waals surface area contributed by atoms with E-state index in [2.05, 4.69) is 0 Å². The van der Waals surface area contributed by atoms with E-state index in [4.69, 9.17) is 0 Å². The maximum atomic E-state index is 13.3. The first kappa shape index (κ1) is 29.6. The Bertz CT molecular complexity index is 1100. The second-order valence-electron chi connectivity index (χ2n) is 9.05. The largest absolute Gasteiger partial charge is 0.418 e. The molecule has 0 saturated carbocycles. The summed E-state index contributed by atoms with van der Waals surface area (Å²) in [7, 11) is 0. The van der Waals surface area contributed by atoms with Crippen LogP contribution in [0.3, 0.4) is 0 Å². The van der Waals surface area contributed by atoms with E-state index in [0.717, 1.165) is 18.2 Å². The third-order valence-corrected chi connectivity index (χ3v) is 6.51. The molecule has 0 aromatic heterocycles. The maximum absolute atomic E-state index is 13.3. The van der Waals surface area contributed by atoms with Crippen LogP contribution in [-0.4, -0.2) is 48.3 Å². The van der Waals surface area contributed by atoms with Crippen LogP contribution in [0.25, 0.3) is 0 Å². The van der Waals surface area contributed by atoms with Crippen LogP contribution in [0.4, 0.5) is 45.2 Å². The molecule has 1 saturated heterocycles. The molecule has 1 amide bonds. The first-order valence-corrected chi connectivity index (χ1v) is 11.7. The smallest absolute Gasteiger partial charge is 0.379 e. The van der Waals surface area contributed by atoms with Crippen LogP contribution in [0.1, 0.15) is 54.0 Å². The topological polar surface area (TPSA) is 43.8 Å². The van der Waals surface area contributed by atoms with Gasteiger partial charge in [-0.15, -0.1) is 0 Å². The molecule has 2 unspecified atom stereocenters. The molecule has 0 radical (unpaired) electrons. The zero-order chi connectivity index (χ0) is 28.5. The number of aliphatic hydroxyl groups excluding tert-OH is 1. The van der Waals surface area contributed by atoms with E-state index in [0.29, 0.717) is 18.1 Å². The summed E-state index contributed by atoms with van der Waals surface area (Å²) >= 11 is 0. The highest BCUT2D eigenvalue weighted by atomic mass is 19.4. The standard InChI is InChI=1S/C25H25F9N2O2/c1-2-15(16-3-5-18(6-4-16)23(26,27)28)13-21(37)36-9-7-35(8-10-36)20-12-17(22(38)25(32,33)34)11-19(14-20)24(29,30)31/h3-6,11-12,14-15,22,38H,2,7-10,13H2,1H3. The van der Waals surface area contributed by atoms with Crippen molar-refractivity contribution in [2.75, 3.05) is 31.1 Å². The number of nitrogens with zero attached hydrogens (tertiary/aromatic N) is 2. The van der Waals surface area contributed by atoms with Gasteiger partial charge in [0, 0.05) is 38.3 Å². The van der Waals surface area contributed by atoms with E-state index >= 15 is 0 Å². The molecule has 0 spiro atoms. The van der Waals surface area contributed by atoms with Gasteiger partial charge in [-0.25, -0.2) is 0 Å². The summed E-state index contributed by atoms with van der Waals surface area (Å²) in [5, 5.41) is 9.52. The zero-order valence-corrected chi connectivity index (χ0v) is 20.1. The molecule has 0 bridgehead atoms. The molecule has 1 aliphatic heterocycles. The lowest BCUT2D eigenvalue weighted by Crippen LogP contribution is -2.49. The Morgan fingerprint density at radius 2 is 1.37 bits per heavy atom. The third kappa shape index (κ3) is 7.12. The number of carbonyl (C=O) groups is 1. The fraction of sp³-hybridized carbons (Fsp3) is 0.480. The van der Waals surface area contributed by atoms with Crippen molar-refractivity contribution in [2.24, 2.45) is 0 Å². The van der Waals surface area contributed by atoms with Crippen molar-refractivity contribution in [1.82, 2.24) is 4.90 Å². The average Bonchev–Trinajstić information content (AvgIpc) is 2.85. The van der Waals surface area contributed by atoms with Crippen LogP contribution in [0.2, 0.25) is 0 Å². The fourth-order valence-electron chi connectivity index (χ4n) is 4.32. The number of benzene rings is 2. The van der Waals surface area contributed by atoms with Crippen LogP contribution in [0.15, 0.2) is 42.5 Å². The highest BCUT2D eigenvalue weighted by Gasteiger charge is 2.41. The van der Waals surface area contributed by atoms with Gasteiger partial charge in [0.05, 0.1) is 11.1 Å². The number of hydrogen-bond donors (Lipinski definition) is 1. The van der Waals surface area contributed by atoms with Crippen LogP contribution in [0.5, 0.6) is 0 Å². The van der Waals surface area contributed by atoms with Crippen molar-refractivity contribution in [3.05, 3.63) is 64.7 Å². The molecule has 1 aliphatic rings. The molecule has 1 heterocycles. The fourth-order valence-corrected chi connectivity index (χ4v) is 4.32. The average molecular weight is 556 g/mol. The number of alkyl halides is 9. The van der Waals surface area contributed by atoms with Gasteiger partial charge >= 0.3 is 18.5 Å². The molecule has 2 aromatic rings. The van der Waals surface area contributed by atoms with Gasteiger partial charge in [0.15, 0.2) is 6.10 Å². The van der Waals surface area contributed by atoms with Gasteiger partial charge in [-0.2, -0.15) is 39.5 Å². The van der Waals surface area contributed by atoms with E-state index in [9.17, 15) is 49.4 Å². The zero-order valence-electron chi connectivity index (χ0n) is 20.1. The van der Waals surface area contributed by atoms with E-state index in [-0.39, 0.29) is 56.2 Å². The third-order valence-electron chi connectivity index (χ3n) is 6.51. The van der Waals surface area contributed by atoms with Gasteiger partial charge in [0.2, 0.25) is 5.91 Å². The lowest BCUT2D eigenvalue weighted by atomic mass is 9.92. The molecular weight excluding hydrogens is 531 g/mol. The van der Waals surface area contributed by atoms with Gasteiger partial charge in [0.1, 0.15) is 0 Å². The predicted molar refractivity (Wildman–Crippen MR) is 120 cm³/mol. The van der Waals surface area contributed by atoms with Crippen molar-refractivity contribution < 1.29 is 49.4 Å². The molecule has 2 aromatic carbocycles. The lowest BCUT2D eigenvalue weighted by Gasteiger charge is -2.37. The minimum Gasteiger partial charge on any atom is -0.379 e. The van der Waals surface area contributed by atoms with E-state index in [1.165, 1.54) is 21.9 Å². The monoisotopic (exact) mass is 556 g/mol. The first-order valence-electron chi connectivity index (χ1n) is 11.7. The van der Waals surface area contributed by atoms with E-state index in [1.807, 2.05) is 0 Å². The molecule has 0 aliphatic carbocycles. The van der Waals surface area contributed by atoms with Crippen LogP contribution in [-0.2, 0) is 17.1 Å². The Balaban J connectivity index is 1.70. The summed E-state index contributed by atoms with van der Waals surface area (Å²) in [6.45, 7) is 2.01. The highest BCUT2D eigenvalue weighted by molar-refractivity contribution is 5.77. The Hall–Kier alpha value is -2.96. The van der Waals surface area contributed by atoms with Crippen LogP contribution >= 0.6 is 0 Å². The van der Waals surface area contributed by atoms with Crippen molar-refractivity contribution in [2.45, 2.75) is 50.3 Å². The highest BCUT2D eigenvalue weighted by Crippen LogP contribution is 2.39. The number of hydrogen-bond acceptors (Lipinski definition) is 3. The molecule has 2 atom stereocenters. The Kier molecular flexibility index (Phi) is 8.59. The van der Waals surface area contributed by atoms with Crippen LogP contribution in [0, 0.1) is 0 Å². The Labute approximate surface area is 212 Å². The first-order chi connectivity index (χ1) is 17.5. The molecule has 3 rings (SSSR count). The minimum atomic E-state index is -5.16. The maximum Gasteiger partial charge on any atom is 0.418 e. The molecule has 13 heteroatoms. The molecule has 1 fully saturated rings. The van der Waals surface area contributed by atoms with Crippen molar-refractivity contribution >= 4 is 11.6 Å². The molecule has 210 valence electrons. The summed E-state index contributed by atoms with van der Waals surface area (Å²) in [4.78, 5) is 15.7. The molecular formula is C25H25F9N2O2. The SMILES string of the molecule is CCC(CC(=O)N1CCN(c2cc(C(O)C(F)(F)F)cc(C(F)(F)F)c2)CC1)c1ccc(C(F)(F)F)cc1. The van der Waals surface area contributed by atoms with Crippen LogP contribution < -0.4 is 4.90 Å². The van der Waals surface area contributed by atoms with Gasteiger partial charge in [-0.1, -0.05) is 19.1 Å². The Morgan fingerprint density at radius 3 is 1.84 bits per heavy atom. The predicted octanol–water partition coefficient (Wildman–Crippen LogP) is 6.55. The van der Waals surface area contributed by atoms with Gasteiger partial charge in [-0.05, 0) is 53.8 Å². The van der Waals surface area contributed by atoms with E-state index < -0.39 is 41.3 Å². The Morgan fingerprint density at radius 1 is 0.816 bits per heavy atom. The second kappa shape index (κ2) is 11.0. The summed E-state index contributed by atoms with van der Waals surface area (Å²) in [6.07, 6.45) is -17.2. The number of aliphatic hydroxyl groups is 1. The normalized spacial score (nSPS) is 16.9. The van der Waals surface area contributed by atoms with Gasteiger partial charge in [-0.3, -0.25) is 4.79 Å². The second-order valence-corrected chi connectivity index (χ2v) is 9.05.